The van der Waals surface area contributed by atoms with Gasteiger partial charge in [0.15, 0.2) is 5.82 Å². The second-order valence-corrected chi connectivity index (χ2v) is 6.11. The second-order valence-electron chi connectivity index (χ2n) is 4.62. The highest BCUT2D eigenvalue weighted by atomic mass is 127. The molecule has 2 heterocycles. The van der Waals surface area contributed by atoms with Gasteiger partial charge in [-0.2, -0.15) is 0 Å². The van der Waals surface area contributed by atoms with Crippen LogP contribution in [-0.2, 0) is 6.42 Å². The molecule has 0 aliphatic carbocycles. The van der Waals surface area contributed by atoms with Crippen molar-refractivity contribution >= 4 is 40.0 Å². The first kappa shape index (κ1) is 14.5. The normalized spacial score (nSPS) is 11.0. The summed E-state index contributed by atoms with van der Waals surface area (Å²) in [5, 5.41) is 0.526. The maximum atomic E-state index is 6.12. The number of anilines is 1. The maximum Gasteiger partial charge on any atom is 0.182 e. The topological polar surface area (TPSA) is 64.7 Å². The Morgan fingerprint density at radius 1 is 1.37 bits per heavy atom. The molecule has 0 amide bonds. The van der Waals surface area contributed by atoms with Crippen LogP contribution in [0.4, 0.5) is 5.82 Å². The Labute approximate surface area is 131 Å². The van der Waals surface area contributed by atoms with Crippen LogP contribution in [0.2, 0.25) is 5.02 Å². The number of aromatic nitrogens is 3. The molecule has 2 rings (SSSR count). The number of hydrogen-bond acceptors (Lipinski definition) is 4. The average Bonchev–Trinajstić information content (AvgIpc) is 2.35. The molecule has 2 aromatic rings. The van der Waals surface area contributed by atoms with Gasteiger partial charge in [-0.05, 0) is 47.1 Å². The summed E-state index contributed by atoms with van der Waals surface area (Å²) in [6.45, 7) is 4.28. The van der Waals surface area contributed by atoms with Crippen molar-refractivity contribution in [1.82, 2.24) is 15.0 Å². The zero-order chi connectivity index (χ0) is 14.0. The molecule has 0 unspecified atom stereocenters. The molecular weight excluding hydrogens is 375 g/mol. The standard InChI is InChI=1S/C13H14ClIN4/c1-7(2)6-9-10(15)12(16)19-13(18-9)11-8(14)4-3-5-17-11/h3-5,7H,6H2,1-2H3,(H2,16,18,19). The Morgan fingerprint density at radius 2 is 2.11 bits per heavy atom. The molecular formula is C13H14ClIN4. The van der Waals surface area contributed by atoms with E-state index in [0.29, 0.717) is 28.3 Å². The fourth-order valence-corrected chi connectivity index (χ4v) is 2.36. The van der Waals surface area contributed by atoms with E-state index < -0.39 is 0 Å². The summed E-state index contributed by atoms with van der Waals surface area (Å²) in [5.41, 5.74) is 7.47. The minimum absolute atomic E-state index is 0.475. The molecule has 0 aliphatic heterocycles. The van der Waals surface area contributed by atoms with Gasteiger partial charge in [-0.25, -0.2) is 9.97 Å². The van der Waals surface area contributed by atoms with Crippen molar-refractivity contribution < 1.29 is 0 Å². The first-order valence-corrected chi connectivity index (χ1v) is 7.37. The molecule has 100 valence electrons. The van der Waals surface area contributed by atoms with Gasteiger partial charge in [0.05, 0.1) is 14.3 Å². The lowest BCUT2D eigenvalue weighted by Crippen LogP contribution is -2.08. The molecule has 0 atom stereocenters. The van der Waals surface area contributed by atoms with Gasteiger partial charge in [-0.3, -0.25) is 4.98 Å². The summed E-state index contributed by atoms with van der Waals surface area (Å²) in [7, 11) is 0. The summed E-state index contributed by atoms with van der Waals surface area (Å²) in [4.78, 5) is 13.1. The Bertz CT molecular complexity index is 601. The van der Waals surface area contributed by atoms with E-state index in [4.69, 9.17) is 17.3 Å². The number of nitrogen functional groups attached to an aromatic ring is 1. The van der Waals surface area contributed by atoms with Crippen molar-refractivity contribution in [1.29, 1.82) is 0 Å². The third-order valence-electron chi connectivity index (χ3n) is 2.52. The monoisotopic (exact) mass is 388 g/mol. The molecule has 19 heavy (non-hydrogen) atoms. The molecule has 0 fully saturated rings. The van der Waals surface area contributed by atoms with E-state index in [0.717, 1.165) is 15.7 Å². The van der Waals surface area contributed by atoms with Gasteiger partial charge in [0.25, 0.3) is 0 Å². The molecule has 0 radical (unpaired) electrons. The third-order valence-corrected chi connectivity index (χ3v) is 4.00. The van der Waals surface area contributed by atoms with E-state index in [9.17, 15) is 0 Å². The maximum absolute atomic E-state index is 6.12. The van der Waals surface area contributed by atoms with Gasteiger partial charge in [0.2, 0.25) is 0 Å². The van der Waals surface area contributed by atoms with Crippen molar-refractivity contribution in [3.05, 3.63) is 32.6 Å². The van der Waals surface area contributed by atoms with Crippen molar-refractivity contribution in [3.63, 3.8) is 0 Å². The Kier molecular flexibility index (Phi) is 4.57. The highest BCUT2D eigenvalue weighted by Crippen LogP contribution is 2.26. The summed E-state index contributed by atoms with van der Waals surface area (Å²) in [6, 6.07) is 3.54. The SMILES string of the molecule is CC(C)Cc1nc(-c2ncccc2Cl)nc(N)c1I. The summed E-state index contributed by atoms with van der Waals surface area (Å²) in [6.07, 6.45) is 2.52. The van der Waals surface area contributed by atoms with Gasteiger partial charge < -0.3 is 5.73 Å². The van der Waals surface area contributed by atoms with E-state index >= 15 is 0 Å². The number of halogens is 2. The predicted octanol–water partition coefficient (Wildman–Crippen LogP) is 3.58. The summed E-state index contributed by atoms with van der Waals surface area (Å²) < 4.78 is 0.905. The number of nitrogens with two attached hydrogens (primary N) is 1. The van der Waals surface area contributed by atoms with Crippen molar-refractivity contribution in [3.8, 4) is 11.5 Å². The van der Waals surface area contributed by atoms with Gasteiger partial charge in [-0.1, -0.05) is 25.4 Å². The highest BCUT2D eigenvalue weighted by molar-refractivity contribution is 14.1. The predicted molar refractivity (Wildman–Crippen MR) is 85.9 cm³/mol. The van der Waals surface area contributed by atoms with Gasteiger partial charge >= 0.3 is 0 Å². The van der Waals surface area contributed by atoms with Gasteiger partial charge in [-0.15, -0.1) is 0 Å². The zero-order valence-corrected chi connectivity index (χ0v) is 13.6. The quantitative estimate of drug-likeness (QED) is 0.816. The van der Waals surface area contributed by atoms with Crippen LogP contribution in [-0.4, -0.2) is 15.0 Å². The zero-order valence-electron chi connectivity index (χ0n) is 10.7. The van der Waals surface area contributed by atoms with Crippen molar-refractivity contribution in [2.75, 3.05) is 5.73 Å². The van der Waals surface area contributed by atoms with E-state index in [-0.39, 0.29) is 0 Å². The Morgan fingerprint density at radius 3 is 2.74 bits per heavy atom. The molecule has 0 spiro atoms. The van der Waals surface area contributed by atoms with Crippen LogP contribution in [0.25, 0.3) is 11.5 Å². The van der Waals surface area contributed by atoms with E-state index in [1.165, 1.54) is 0 Å². The molecule has 2 N–H and O–H groups in total. The highest BCUT2D eigenvalue weighted by Gasteiger charge is 2.15. The van der Waals surface area contributed by atoms with Crippen LogP contribution >= 0.6 is 34.2 Å². The largest absolute Gasteiger partial charge is 0.383 e. The van der Waals surface area contributed by atoms with Crippen LogP contribution in [0, 0.1) is 9.49 Å². The first-order valence-electron chi connectivity index (χ1n) is 5.91. The first-order chi connectivity index (χ1) is 8.99. The van der Waals surface area contributed by atoms with E-state index in [1.807, 2.05) is 0 Å². The Hall–Kier alpha value is -0.950. The van der Waals surface area contributed by atoms with Gasteiger partial charge in [0, 0.05) is 6.20 Å². The summed E-state index contributed by atoms with van der Waals surface area (Å²) >= 11 is 8.30. The molecule has 0 saturated carbocycles. The van der Waals surface area contributed by atoms with Crippen LogP contribution in [0.3, 0.4) is 0 Å². The van der Waals surface area contributed by atoms with E-state index in [2.05, 4.69) is 51.4 Å². The van der Waals surface area contributed by atoms with Crippen LogP contribution < -0.4 is 5.73 Å². The number of nitrogens with zero attached hydrogens (tertiary/aromatic N) is 3. The lowest BCUT2D eigenvalue weighted by atomic mass is 10.1. The van der Waals surface area contributed by atoms with Crippen LogP contribution in [0.5, 0.6) is 0 Å². The number of hydrogen-bond donors (Lipinski definition) is 1. The van der Waals surface area contributed by atoms with Crippen molar-refractivity contribution in [2.24, 2.45) is 5.92 Å². The molecule has 0 bridgehead atoms. The molecule has 0 aromatic carbocycles. The number of pyridine rings is 1. The third kappa shape index (κ3) is 3.33. The minimum atomic E-state index is 0.475. The molecule has 2 aromatic heterocycles. The molecule has 6 heteroatoms. The molecule has 0 aliphatic rings. The average molecular weight is 389 g/mol. The van der Waals surface area contributed by atoms with E-state index in [1.54, 1.807) is 18.3 Å². The van der Waals surface area contributed by atoms with Crippen molar-refractivity contribution in [2.45, 2.75) is 20.3 Å². The fourth-order valence-electron chi connectivity index (χ4n) is 1.69. The molecule has 4 nitrogen and oxygen atoms in total. The Balaban J connectivity index is 2.54. The smallest absolute Gasteiger partial charge is 0.182 e. The molecule has 0 saturated heterocycles. The van der Waals surface area contributed by atoms with Gasteiger partial charge in [0.1, 0.15) is 11.5 Å². The lowest BCUT2D eigenvalue weighted by Gasteiger charge is -2.11. The van der Waals surface area contributed by atoms with Crippen LogP contribution in [0.1, 0.15) is 19.5 Å². The summed E-state index contributed by atoms with van der Waals surface area (Å²) in [5.74, 6) is 1.46. The fraction of sp³-hybridized carbons (Fsp3) is 0.308. The number of rotatable bonds is 3. The minimum Gasteiger partial charge on any atom is -0.383 e. The second kappa shape index (κ2) is 6.00. The van der Waals surface area contributed by atoms with Crippen LogP contribution in [0.15, 0.2) is 18.3 Å². The lowest BCUT2D eigenvalue weighted by molar-refractivity contribution is 0.632.